The van der Waals surface area contributed by atoms with Gasteiger partial charge in [0.2, 0.25) is 0 Å². The largest absolute Gasteiger partial charge is 0.469 e. The van der Waals surface area contributed by atoms with Gasteiger partial charge in [-0.15, -0.1) is 0 Å². The molecular formula is C13H11ClO2. The molecule has 0 unspecified atom stereocenters. The predicted octanol–water partition coefficient (Wildman–Crippen LogP) is 3.67. The summed E-state index contributed by atoms with van der Waals surface area (Å²) in [6, 6.07) is 8.96. The molecule has 0 fully saturated rings. The highest BCUT2D eigenvalue weighted by atomic mass is 35.5. The fraction of sp³-hybridized carbons (Fsp3) is 0.154. The Morgan fingerprint density at radius 3 is 2.81 bits per heavy atom. The smallest absolute Gasteiger partial charge is 0.171 e. The van der Waals surface area contributed by atoms with Crippen molar-refractivity contribution >= 4 is 17.4 Å². The molecule has 0 saturated carbocycles. The highest BCUT2D eigenvalue weighted by molar-refractivity contribution is 6.34. The van der Waals surface area contributed by atoms with Crippen molar-refractivity contribution in [1.29, 1.82) is 0 Å². The number of halogens is 1. The second-order valence-corrected chi connectivity index (χ2v) is 4.07. The minimum absolute atomic E-state index is 0.0278. The van der Waals surface area contributed by atoms with Crippen LogP contribution in [0.2, 0.25) is 5.02 Å². The van der Waals surface area contributed by atoms with Crippen LogP contribution < -0.4 is 0 Å². The van der Waals surface area contributed by atoms with Gasteiger partial charge in [-0.1, -0.05) is 17.7 Å². The lowest BCUT2D eigenvalue weighted by Crippen LogP contribution is -2.03. The molecule has 3 heteroatoms. The first-order valence-electron chi connectivity index (χ1n) is 4.98. The number of furan rings is 1. The van der Waals surface area contributed by atoms with Crippen molar-refractivity contribution in [3.63, 3.8) is 0 Å². The monoisotopic (exact) mass is 234 g/mol. The molecule has 0 bridgehead atoms. The SMILES string of the molecule is Cc1ccc(C(=O)Cc2ccco2)c(Cl)c1. The maximum atomic E-state index is 11.9. The third-order valence-electron chi connectivity index (χ3n) is 2.34. The molecule has 0 radical (unpaired) electrons. The number of carbonyl (C=O) groups excluding carboxylic acids is 1. The standard InChI is InChI=1S/C13H11ClO2/c1-9-4-5-11(12(14)7-9)13(15)8-10-3-2-6-16-10/h2-7H,8H2,1H3. The molecule has 0 aliphatic heterocycles. The topological polar surface area (TPSA) is 30.2 Å². The van der Waals surface area contributed by atoms with Gasteiger partial charge < -0.3 is 4.42 Å². The van der Waals surface area contributed by atoms with Crippen LogP contribution in [0.25, 0.3) is 0 Å². The van der Waals surface area contributed by atoms with Crippen LogP contribution in [0.4, 0.5) is 0 Å². The molecule has 1 aromatic heterocycles. The maximum absolute atomic E-state index is 11.9. The molecule has 0 aliphatic rings. The molecule has 0 aliphatic carbocycles. The maximum Gasteiger partial charge on any atom is 0.171 e. The van der Waals surface area contributed by atoms with Crippen LogP contribution >= 0.6 is 11.6 Å². The van der Waals surface area contributed by atoms with Gasteiger partial charge >= 0.3 is 0 Å². The van der Waals surface area contributed by atoms with Crippen LogP contribution in [0.5, 0.6) is 0 Å². The minimum atomic E-state index is -0.0278. The van der Waals surface area contributed by atoms with Gasteiger partial charge in [-0.05, 0) is 36.8 Å². The van der Waals surface area contributed by atoms with Crippen molar-refractivity contribution in [2.45, 2.75) is 13.3 Å². The average molecular weight is 235 g/mol. The second kappa shape index (κ2) is 4.54. The van der Waals surface area contributed by atoms with Gasteiger partial charge in [0, 0.05) is 5.56 Å². The summed E-state index contributed by atoms with van der Waals surface area (Å²) in [4.78, 5) is 11.9. The molecule has 0 saturated heterocycles. The second-order valence-electron chi connectivity index (χ2n) is 3.66. The molecule has 2 nitrogen and oxygen atoms in total. The van der Waals surface area contributed by atoms with Crippen LogP contribution in [0, 0.1) is 6.92 Å². The Morgan fingerprint density at radius 1 is 1.38 bits per heavy atom. The number of rotatable bonds is 3. The van der Waals surface area contributed by atoms with E-state index in [-0.39, 0.29) is 12.2 Å². The first-order chi connectivity index (χ1) is 7.66. The summed E-state index contributed by atoms with van der Waals surface area (Å²) in [5, 5.41) is 0.497. The van der Waals surface area contributed by atoms with Crippen molar-refractivity contribution in [2.75, 3.05) is 0 Å². The number of aryl methyl sites for hydroxylation is 1. The number of Topliss-reactive ketones (excluding diaryl/α,β-unsaturated/α-hetero) is 1. The summed E-state index contributed by atoms with van der Waals surface area (Å²) in [6.45, 7) is 1.94. The normalized spacial score (nSPS) is 10.4. The zero-order chi connectivity index (χ0) is 11.5. The molecule has 0 N–H and O–H groups in total. The zero-order valence-corrected chi connectivity index (χ0v) is 9.62. The Morgan fingerprint density at radius 2 is 2.19 bits per heavy atom. The van der Waals surface area contributed by atoms with Crippen molar-refractivity contribution in [2.24, 2.45) is 0 Å². The third-order valence-corrected chi connectivity index (χ3v) is 2.65. The van der Waals surface area contributed by atoms with E-state index in [1.165, 1.54) is 0 Å². The first-order valence-corrected chi connectivity index (χ1v) is 5.36. The molecule has 2 aromatic rings. The lowest BCUT2D eigenvalue weighted by atomic mass is 10.1. The molecular weight excluding hydrogens is 224 g/mol. The molecule has 82 valence electrons. The van der Waals surface area contributed by atoms with Gasteiger partial charge in [-0.25, -0.2) is 0 Å². The summed E-state index contributed by atoms with van der Waals surface area (Å²) in [5.41, 5.74) is 1.59. The van der Waals surface area contributed by atoms with E-state index in [9.17, 15) is 4.79 Å². The van der Waals surface area contributed by atoms with E-state index in [1.54, 1.807) is 30.5 Å². The molecule has 1 aromatic carbocycles. The lowest BCUT2D eigenvalue weighted by Gasteiger charge is -2.03. The van der Waals surface area contributed by atoms with E-state index in [0.29, 0.717) is 16.3 Å². The van der Waals surface area contributed by atoms with Crippen LogP contribution in [0.1, 0.15) is 21.7 Å². The first kappa shape index (κ1) is 11.0. The van der Waals surface area contributed by atoms with E-state index < -0.39 is 0 Å². The Balaban J connectivity index is 2.21. The van der Waals surface area contributed by atoms with E-state index in [0.717, 1.165) is 5.56 Å². The summed E-state index contributed by atoms with van der Waals surface area (Å²) in [5.74, 6) is 0.626. The van der Waals surface area contributed by atoms with Gasteiger partial charge in [0.1, 0.15) is 5.76 Å². The quantitative estimate of drug-likeness (QED) is 0.759. The molecule has 0 amide bonds. The fourth-order valence-electron chi connectivity index (χ4n) is 1.51. The van der Waals surface area contributed by atoms with E-state index in [2.05, 4.69) is 0 Å². The van der Waals surface area contributed by atoms with Gasteiger partial charge in [0.15, 0.2) is 5.78 Å². The summed E-state index contributed by atoms with van der Waals surface area (Å²) in [7, 11) is 0. The number of benzene rings is 1. The summed E-state index contributed by atoms with van der Waals surface area (Å²) >= 11 is 6.01. The fourth-order valence-corrected chi connectivity index (χ4v) is 1.85. The Hall–Kier alpha value is -1.54. The van der Waals surface area contributed by atoms with Gasteiger partial charge in [-0.2, -0.15) is 0 Å². The molecule has 0 spiro atoms. The van der Waals surface area contributed by atoms with Crippen LogP contribution in [0.15, 0.2) is 41.0 Å². The van der Waals surface area contributed by atoms with Crippen LogP contribution in [0.3, 0.4) is 0 Å². The van der Waals surface area contributed by atoms with Crippen LogP contribution in [-0.2, 0) is 6.42 Å². The van der Waals surface area contributed by atoms with E-state index in [4.69, 9.17) is 16.0 Å². The molecule has 1 heterocycles. The van der Waals surface area contributed by atoms with E-state index in [1.807, 2.05) is 13.0 Å². The minimum Gasteiger partial charge on any atom is -0.469 e. The number of carbonyl (C=O) groups is 1. The Bertz CT molecular complexity index is 501. The number of hydrogen-bond acceptors (Lipinski definition) is 2. The summed E-state index contributed by atoms with van der Waals surface area (Å²) < 4.78 is 5.13. The third kappa shape index (κ3) is 2.34. The molecule has 16 heavy (non-hydrogen) atoms. The van der Waals surface area contributed by atoms with Gasteiger partial charge in [0.05, 0.1) is 17.7 Å². The average Bonchev–Trinajstić information content (AvgIpc) is 2.70. The van der Waals surface area contributed by atoms with Gasteiger partial charge in [-0.3, -0.25) is 4.79 Å². The van der Waals surface area contributed by atoms with Crippen molar-refractivity contribution < 1.29 is 9.21 Å². The Kier molecular flexibility index (Phi) is 3.11. The van der Waals surface area contributed by atoms with Gasteiger partial charge in [0.25, 0.3) is 0 Å². The Labute approximate surface area is 98.8 Å². The van der Waals surface area contributed by atoms with Crippen molar-refractivity contribution in [3.8, 4) is 0 Å². The lowest BCUT2D eigenvalue weighted by molar-refractivity contribution is 0.0987. The highest BCUT2D eigenvalue weighted by Gasteiger charge is 2.12. The number of ketones is 1. The van der Waals surface area contributed by atoms with Crippen molar-refractivity contribution in [1.82, 2.24) is 0 Å². The van der Waals surface area contributed by atoms with E-state index >= 15 is 0 Å². The molecule has 2 rings (SSSR count). The van der Waals surface area contributed by atoms with Crippen LogP contribution in [-0.4, -0.2) is 5.78 Å². The number of hydrogen-bond donors (Lipinski definition) is 0. The summed E-state index contributed by atoms with van der Waals surface area (Å²) in [6.07, 6.45) is 1.80. The highest BCUT2D eigenvalue weighted by Crippen LogP contribution is 2.19. The molecule has 0 atom stereocenters. The predicted molar refractivity (Wildman–Crippen MR) is 62.9 cm³/mol. The zero-order valence-electron chi connectivity index (χ0n) is 8.87. The van der Waals surface area contributed by atoms with Crippen molar-refractivity contribution in [3.05, 3.63) is 58.5 Å².